The summed E-state index contributed by atoms with van der Waals surface area (Å²) in [5, 5.41) is 18.3. The first-order valence-electron chi connectivity index (χ1n) is 6.99. The molecule has 0 heterocycles. The Morgan fingerprint density at radius 1 is 1.11 bits per heavy atom. The minimum Gasteiger partial charge on any atom is -0.494 e. The van der Waals surface area contributed by atoms with E-state index in [-0.39, 0.29) is 19.1 Å². The third-order valence-corrected chi connectivity index (χ3v) is 3.83. The second-order valence-corrected chi connectivity index (χ2v) is 5.12. The van der Waals surface area contributed by atoms with Gasteiger partial charge in [-0.05, 0) is 68.9 Å². The van der Waals surface area contributed by atoms with Gasteiger partial charge in [0.05, 0.1) is 6.61 Å². The summed E-state index contributed by atoms with van der Waals surface area (Å²) in [7, 11) is 0. The molecular weight excluding hydrogens is 240 g/mol. The third kappa shape index (κ3) is 3.95. The molecule has 1 rings (SSSR count). The molecule has 0 amide bonds. The van der Waals surface area contributed by atoms with Gasteiger partial charge in [-0.25, -0.2) is 0 Å². The first-order chi connectivity index (χ1) is 9.04. The van der Waals surface area contributed by atoms with Crippen LogP contribution in [-0.4, -0.2) is 30.0 Å². The Morgan fingerprint density at radius 2 is 1.74 bits per heavy atom. The van der Waals surface area contributed by atoms with Crippen LogP contribution in [0.15, 0.2) is 6.07 Å². The first kappa shape index (κ1) is 16.0. The van der Waals surface area contributed by atoms with Crippen LogP contribution in [-0.2, 0) is 6.42 Å². The minimum atomic E-state index is -0.0225. The fourth-order valence-corrected chi connectivity index (χ4v) is 2.38. The van der Waals surface area contributed by atoms with Crippen molar-refractivity contribution in [3.05, 3.63) is 28.3 Å². The molecule has 0 spiro atoms. The molecule has 108 valence electrons. The van der Waals surface area contributed by atoms with E-state index in [9.17, 15) is 0 Å². The number of benzene rings is 1. The molecule has 0 aliphatic heterocycles. The zero-order valence-electron chi connectivity index (χ0n) is 12.5. The van der Waals surface area contributed by atoms with Gasteiger partial charge in [0, 0.05) is 19.1 Å². The van der Waals surface area contributed by atoms with Crippen LogP contribution in [0.5, 0.6) is 5.75 Å². The van der Waals surface area contributed by atoms with E-state index in [4.69, 9.17) is 14.9 Å². The van der Waals surface area contributed by atoms with Crippen molar-refractivity contribution in [2.75, 3.05) is 19.8 Å². The minimum absolute atomic E-state index is 0.0225. The molecule has 0 unspecified atom stereocenters. The lowest BCUT2D eigenvalue weighted by Crippen LogP contribution is -2.13. The number of hydrogen-bond donors (Lipinski definition) is 2. The maximum absolute atomic E-state index is 9.13. The lowest BCUT2D eigenvalue weighted by molar-refractivity contribution is 0.144. The predicted molar refractivity (Wildman–Crippen MR) is 77.8 cm³/mol. The summed E-state index contributed by atoms with van der Waals surface area (Å²) in [5.74, 6) is 0.938. The van der Waals surface area contributed by atoms with Crippen LogP contribution in [0, 0.1) is 26.7 Å². The molecule has 0 bridgehead atoms. The molecule has 2 N–H and O–H groups in total. The maximum atomic E-state index is 9.13. The Kier molecular flexibility index (Phi) is 6.32. The number of hydrogen-bond acceptors (Lipinski definition) is 3. The Balaban J connectivity index is 2.93. The average Bonchev–Trinajstić information content (AvgIpc) is 2.40. The molecule has 0 aliphatic rings. The summed E-state index contributed by atoms with van der Waals surface area (Å²) in [5.41, 5.74) is 4.99. The van der Waals surface area contributed by atoms with Gasteiger partial charge < -0.3 is 14.9 Å². The summed E-state index contributed by atoms with van der Waals surface area (Å²) >= 11 is 0. The summed E-state index contributed by atoms with van der Waals surface area (Å²) in [6.45, 7) is 9.06. The van der Waals surface area contributed by atoms with Gasteiger partial charge in [0.15, 0.2) is 0 Å². The Bertz CT molecular complexity index is 409. The highest BCUT2D eigenvalue weighted by Gasteiger charge is 2.13. The van der Waals surface area contributed by atoms with Gasteiger partial charge in [0.1, 0.15) is 5.75 Å². The summed E-state index contributed by atoms with van der Waals surface area (Å²) < 4.78 is 5.64. The molecule has 3 nitrogen and oxygen atoms in total. The molecule has 0 saturated heterocycles. The molecular formula is C16H26O3. The van der Waals surface area contributed by atoms with E-state index in [1.807, 2.05) is 6.92 Å². The van der Waals surface area contributed by atoms with Crippen LogP contribution in [0.4, 0.5) is 0 Å². The normalized spacial score (nSPS) is 11.1. The van der Waals surface area contributed by atoms with E-state index in [1.165, 1.54) is 22.3 Å². The summed E-state index contributed by atoms with van der Waals surface area (Å²) in [6.07, 6.45) is 1.69. The van der Waals surface area contributed by atoms with Crippen molar-refractivity contribution in [2.24, 2.45) is 5.92 Å². The van der Waals surface area contributed by atoms with Gasteiger partial charge >= 0.3 is 0 Å². The zero-order chi connectivity index (χ0) is 14.4. The van der Waals surface area contributed by atoms with E-state index in [2.05, 4.69) is 26.8 Å². The topological polar surface area (TPSA) is 49.7 Å². The van der Waals surface area contributed by atoms with Crippen LogP contribution >= 0.6 is 0 Å². The lowest BCUT2D eigenvalue weighted by atomic mass is 9.91. The van der Waals surface area contributed by atoms with Crippen molar-refractivity contribution in [2.45, 2.75) is 40.5 Å². The number of rotatable bonds is 7. The molecule has 1 aromatic carbocycles. The highest BCUT2D eigenvalue weighted by Crippen LogP contribution is 2.29. The molecule has 0 fully saturated rings. The van der Waals surface area contributed by atoms with Crippen LogP contribution in [0.3, 0.4) is 0 Å². The van der Waals surface area contributed by atoms with Gasteiger partial charge in [0.2, 0.25) is 0 Å². The maximum Gasteiger partial charge on any atom is 0.122 e. The first-order valence-corrected chi connectivity index (χ1v) is 6.99. The average molecular weight is 266 g/mol. The number of aliphatic hydroxyl groups is 2. The van der Waals surface area contributed by atoms with Crippen molar-refractivity contribution >= 4 is 0 Å². The Labute approximate surface area is 116 Å². The van der Waals surface area contributed by atoms with Crippen molar-refractivity contribution in [1.29, 1.82) is 0 Å². The van der Waals surface area contributed by atoms with E-state index in [0.717, 1.165) is 18.6 Å². The third-order valence-electron chi connectivity index (χ3n) is 3.83. The van der Waals surface area contributed by atoms with E-state index >= 15 is 0 Å². The van der Waals surface area contributed by atoms with E-state index in [1.54, 1.807) is 0 Å². The summed E-state index contributed by atoms with van der Waals surface area (Å²) in [4.78, 5) is 0. The van der Waals surface area contributed by atoms with E-state index < -0.39 is 0 Å². The van der Waals surface area contributed by atoms with Gasteiger partial charge in [-0.2, -0.15) is 0 Å². The van der Waals surface area contributed by atoms with Gasteiger partial charge in [-0.1, -0.05) is 0 Å². The van der Waals surface area contributed by atoms with Crippen LogP contribution in [0.25, 0.3) is 0 Å². The molecule has 0 radical (unpaired) electrons. The quantitative estimate of drug-likeness (QED) is 0.797. The van der Waals surface area contributed by atoms with Crippen LogP contribution in [0.2, 0.25) is 0 Å². The monoisotopic (exact) mass is 266 g/mol. The number of aryl methyl sites for hydroxylation is 1. The fourth-order valence-electron chi connectivity index (χ4n) is 2.38. The molecule has 0 aliphatic carbocycles. The highest BCUT2D eigenvalue weighted by atomic mass is 16.5. The smallest absolute Gasteiger partial charge is 0.122 e. The SMILES string of the molecule is CCOc1cc(C)c(CCC(CO)CO)c(C)c1C. The molecule has 1 aromatic rings. The van der Waals surface area contributed by atoms with Gasteiger partial charge in [-0.15, -0.1) is 0 Å². The molecule has 3 heteroatoms. The second-order valence-electron chi connectivity index (χ2n) is 5.12. The molecule has 0 atom stereocenters. The van der Waals surface area contributed by atoms with Gasteiger partial charge in [0.25, 0.3) is 0 Å². The Morgan fingerprint density at radius 3 is 2.26 bits per heavy atom. The Hall–Kier alpha value is -1.06. The van der Waals surface area contributed by atoms with Crippen molar-refractivity contribution < 1.29 is 14.9 Å². The van der Waals surface area contributed by atoms with Crippen molar-refractivity contribution in [3.8, 4) is 5.75 Å². The van der Waals surface area contributed by atoms with Crippen LogP contribution < -0.4 is 4.74 Å². The molecule has 19 heavy (non-hydrogen) atoms. The number of ether oxygens (including phenoxy) is 1. The van der Waals surface area contributed by atoms with Crippen molar-refractivity contribution in [1.82, 2.24) is 0 Å². The number of aliphatic hydroxyl groups excluding tert-OH is 2. The molecule has 0 saturated carbocycles. The van der Waals surface area contributed by atoms with Crippen molar-refractivity contribution in [3.63, 3.8) is 0 Å². The van der Waals surface area contributed by atoms with Crippen LogP contribution in [0.1, 0.15) is 35.6 Å². The lowest BCUT2D eigenvalue weighted by Gasteiger charge is -2.18. The molecule has 0 aromatic heterocycles. The van der Waals surface area contributed by atoms with E-state index in [0.29, 0.717) is 6.61 Å². The highest BCUT2D eigenvalue weighted by molar-refractivity contribution is 5.48. The zero-order valence-corrected chi connectivity index (χ0v) is 12.5. The second kappa shape index (κ2) is 7.51. The van der Waals surface area contributed by atoms with Gasteiger partial charge in [-0.3, -0.25) is 0 Å². The predicted octanol–water partition coefficient (Wildman–Crippen LogP) is 2.54. The standard InChI is InChI=1S/C16H26O3/c1-5-19-16-8-11(2)15(12(3)13(16)4)7-6-14(9-17)10-18/h8,14,17-18H,5-7,9-10H2,1-4H3. The largest absolute Gasteiger partial charge is 0.494 e. The summed E-state index contributed by atoms with van der Waals surface area (Å²) in [6, 6.07) is 2.09. The fraction of sp³-hybridized carbons (Fsp3) is 0.625.